The van der Waals surface area contributed by atoms with E-state index in [4.69, 9.17) is 4.74 Å². The zero-order valence-electron chi connectivity index (χ0n) is 14.7. The number of aliphatic carboxylic acids is 1. The second-order valence-corrected chi connectivity index (χ2v) is 8.91. The zero-order valence-corrected chi connectivity index (χ0v) is 16.4. The number of carbonyl (C=O) groups is 2. The van der Waals surface area contributed by atoms with Crippen LogP contribution in [-0.2, 0) is 16.2 Å². The van der Waals surface area contributed by atoms with Crippen molar-refractivity contribution in [3.05, 3.63) is 60.2 Å². The highest BCUT2D eigenvalue weighted by Gasteiger charge is 2.29. The first-order valence-electron chi connectivity index (χ1n) is 8.69. The first kappa shape index (κ1) is 19.6. The first-order valence-corrected chi connectivity index (χ1v) is 10.8. The van der Waals surface area contributed by atoms with E-state index in [1.807, 2.05) is 36.4 Å². The summed E-state index contributed by atoms with van der Waals surface area (Å²) in [6, 6.07) is 16.8. The Morgan fingerprint density at radius 3 is 2.41 bits per heavy atom. The summed E-state index contributed by atoms with van der Waals surface area (Å²) in [6.45, 7) is 0.687. The molecule has 0 unspecified atom stereocenters. The molecule has 27 heavy (non-hydrogen) atoms. The fourth-order valence-corrected chi connectivity index (χ4v) is 5.54. The zero-order chi connectivity index (χ0) is 19.1. The number of thioether (sulfide) groups is 2. The van der Waals surface area contributed by atoms with Gasteiger partial charge in [0.2, 0.25) is 0 Å². The van der Waals surface area contributed by atoms with Gasteiger partial charge in [0.1, 0.15) is 12.4 Å². The molecule has 0 radical (unpaired) electrons. The smallest absolute Gasteiger partial charge is 0.394 e. The Labute approximate surface area is 167 Å². The molecule has 0 spiro atoms. The fraction of sp³-hybridized carbons (Fsp3) is 0.300. The van der Waals surface area contributed by atoms with Crippen LogP contribution in [0.2, 0.25) is 0 Å². The second-order valence-electron chi connectivity index (χ2n) is 5.99. The van der Waals surface area contributed by atoms with E-state index < -0.39 is 11.9 Å². The van der Waals surface area contributed by atoms with Crippen LogP contribution in [0.15, 0.2) is 54.6 Å². The molecular formula is C20H21NO4S2. The standard InChI is InChI=1S/C20H21NO4S2/c22-19(20(23)24)21(13-18-26-11-6-12-27-18)16-9-4-5-10-17(16)25-14-15-7-2-1-3-8-15/h1-5,7-10,18H,6,11-14H2,(H,23,24). The van der Waals surface area contributed by atoms with Crippen molar-refractivity contribution in [3.63, 3.8) is 0 Å². The Morgan fingerprint density at radius 1 is 1.04 bits per heavy atom. The molecule has 142 valence electrons. The van der Waals surface area contributed by atoms with Crippen LogP contribution in [0.5, 0.6) is 5.75 Å². The molecule has 2 aromatic rings. The fourth-order valence-electron chi connectivity index (χ4n) is 2.73. The lowest BCUT2D eigenvalue weighted by molar-refractivity contribution is -0.148. The summed E-state index contributed by atoms with van der Waals surface area (Å²) in [5, 5.41) is 9.30. The van der Waals surface area contributed by atoms with Gasteiger partial charge in [-0.2, -0.15) is 0 Å². The highest BCUT2D eigenvalue weighted by molar-refractivity contribution is 8.17. The van der Waals surface area contributed by atoms with Gasteiger partial charge in [-0.3, -0.25) is 9.69 Å². The quantitative estimate of drug-likeness (QED) is 0.739. The van der Waals surface area contributed by atoms with E-state index in [0.717, 1.165) is 23.5 Å². The highest BCUT2D eigenvalue weighted by atomic mass is 32.2. The number of anilines is 1. The van der Waals surface area contributed by atoms with Gasteiger partial charge in [-0.25, -0.2) is 4.79 Å². The van der Waals surface area contributed by atoms with Crippen molar-refractivity contribution in [1.29, 1.82) is 0 Å². The maximum atomic E-state index is 12.4. The van der Waals surface area contributed by atoms with Gasteiger partial charge in [0.15, 0.2) is 0 Å². The molecular weight excluding hydrogens is 382 g/mol. The Kier molecular flexibility index (Phi) is 7.06. The van der Waals surface area contributed by atoms with Gasteiger partial charge in [-0.1, -0.05) is 42.5 Å². The average Bonchev–Trinajstić information content (AvgIpc) is 2.72. The van der Waals surface area contributed by atoms with E-state index in [0.29, 0.717) is 24.6 Å². The summed E-state index contributed by atoms with van der Waals surface area (Å²) in [6.07, 6.45) is 1.13. The van der Waals surface area contributed by atoms with Gasteiger partial charge in [0.25, 0.3) is 0 Å². The number of rotatable bonds is 6. The highest BCUT2D eigenvalue weighted by Crippen LogP contribution is 2.35. The van der Waals surface area contributed by atoms with Gasteiger partial charge in [-0.05, 0) is 35.6 Å². The Morgan fingerprint density at radius 2 is 1.70 bits per heavy atom. The third-order valence-electron chi connectivity index (χ3n) is 4.05. The number of carbonyl (C=O) groups excluding carboxylic acids is 1. The number of para-hydroxylation sites is 2. The van der Waals surface area contributed by atoms with Crippen molar-refractivity contribution in [2.45, 2.75) is 17.6 Å². The van der Waals surface area contributed by atoms with Crippen LogP contribution in [0.1, 0.15) is 12.0 Å². The lowest BCUT2D eigenvalue weighted by atomic mass is 10.2. The predicted octanol–water partition coefficient (Wildman–Crippen LogP) is 3.88. The SMILES string of the molecule is O=C(O)C(=O)N(CC1SCCCS1)c1ccccc1OCc1ccccc1. The minimum atomic E-state index is -1.46. The second kappa shape index (κ2) is 9.71. The monoisotopic (exact) mass is 403 g/mol. The molecule has 1 amide bonds. The summed E-state index contributed by atoms with van der Waals surface area (Å²) in [5.74, 6) is 0.163. The van der Waals surface area contributed by atoms with Crippen molar-refractivity contribution in [2.24, 2.45) is 0 Å². The van der Waals surface area contributed by atoms with Gasteiger partial charge in [0.05, 0.1) is 10.3 Å². The van der Waals surface area contributed by atoms with Crippen molar-refractivity contribution in [3.8, 4) is 5.75 Å². The maximum Gasteiger partial charge on any atom is 0.394 e. The number of nitrogens with zero attached hydrogens (tertiary/aromatic N) is 1. The van der Waals surface area contributed by atoms with E-state index in [2.05, 4.69) is 0 Å². The van der Waals surface area contributed by atoms with Gasteiger partial charge < -0.3 is 9.84 Å². The molecule has 1 N–H and O–H groups in total. The Hall–Kier alpha value is -2.12. The molecule has 5 nitrogen and oxygen atoms in total. The molecule has 0 aromatic heterocycles. The summed E-state index contributed by atoms with van der Waals surface area (Å²) in [4.78, 5) is 25.1. The van der Waals surface area contributed by atoms with Crippen molar-refractivity contribution in [1.82, 2.24) is 0 Å². The average molecular weight is 404 g/mol. The minimum absolute atomic E-state index is 0.157. The van der Waals surface area contributed by atoms with Crippen LogP contribution < -0.4 is 9.64 Å². The molecule has 0 atom stereocenters. The molecule has 0 aliphatic carbocycles. The number of hydrogen-bond acceptors (Lipinski definition) is 5. The number of amides is 1. The molecule has 0 bridgehead atoms. The molecule has 1 heterocycles. The van der Waals surface area contributed by atoms with Crippen molar-refractivity contribution in [2.75, 3.05) is 23.0 Å². The molecule has 7 heteroatoms. The molecule has 1 fully saturated rings. The number of carboxylic acids is 1. The van der Waals surface area contributed by atoms with E-state index in [9.17, 15) is 14.7 Å². The van der Waals surface area contributed by atoms with Crippen molar-refractivity contribution >= 4 is 41.1 Å². The van der Waals surface area contributed by atoms with E-state index in [1.54, 1.807) is 41.7 Å². The molecule has 2 aromatic carbocycles. The summed E-state index contributed by atoms with van der Waals surface area (Å²) in [7, 11) is 0. The molecule has 0 saturated carbocycles. The predicted molar refractivity (Wildman–Crippen MR) is 111 cm³/mol. The van der Waals surface area contributed by atoms with Crippen LogP contribution in [0.25, 0.3) is 0 Å². The lowest BCUT2D eigenvalue weighted by Crippen LogP contribution is -2.41. The number of carboxylic acid groups (broad SMARTS) is 1. The van der Waals surface area contributed by atoms with E-state index >= 15 is 0 Å². The van der Waals surface area contributed by atoms with E-state index in [1.165, 1.54) is 4.90 Å². The molecule has 1 aliphatic heterocycles. The van der Waals surface area contributed by atoms with Crippen LogP contribution in [0, 0.1) is 0 Å². The Balaban J connectivity index is 1.82. The summed E-state index contributed by atoms with van der Waals surface area (Å²) >= 11 is 3.53. The number of benzene rings is 2. The van der Waals surface area contributed by atoms with Crippen LogP contribution >= 0.6 is 23.5 Å². The lowest BCUT2D eigenvalue weighted by Gasteiger charge is -2.29. The summed E-state index contributed by atoms with van der Waals surface area (Å²) < 4.78 is 6.08. The van der Waals surface area contributed by atoms with Gasteiger partial charge in [-0.15, -0.1) is 23.5 Å². The first-order chi connectivity index (χ1) is 13.1. The van der Waals surface area contributed by atoms with Gasteiger partial charge >= 0.3 is 11.9 Å². The van der Waals surface area contributed by atoms with Gasteiger partial charge in [0, 0.05) is 6.54 Å². The van der Waals surface area contributed by atoms with Crippen molar-refractivity contribution < 1.29 is 19.4 Å². The van der Waals surface area contributed by atoms with Crippen LogP contribution in [0.4, 0.5) is 5.69 Å². The normalized spacial score (nSPS) is 14.5. The number of ether oxygens (including phenoxy) is 1. The van der Waals surface area contributed by atoms with Crippen LogP contribution in [0.3, 0.4) is 0 Å². The largest absolute Gasteiger partial charge is 0.487 e. The molecule has 1 saturated heterocycles. The van der Waals surface area contributed by atoms with E-state index in [-0.39, 0.29) is 4.58 Å². The van der Waals surface area contributed by atoms with Crippen LogP contribution in [-0.4, -0.2) is 39.6 Å². The molecule has 3 rings (SSSR count). The topological polar surface area (TPSA) is 66.8 Å². The third kappa shape index (κ3) is 5.43. The summed E-state index contributed by atoms with van der Waals surface area (Å²) in [5.41, 5.74) is 1.49. The molecule has 1 aliphatic rings. The minimum Gasteiger partial charge on any atom is -0.487 e. The third-order valence-corrected chi connectivity index (χ3v) is 6.96. The number of hydrogen-bond donors (Lipinski definition) is 1. The maximum absolute atomic E-state index is 12.4. The Bertz CT molecular complexity index is 779.